The number of hydrogen-bond donors (Lipinski definition) is 2. The fourth-order valence-corrected chi connectivity index (χ4v) is 2.74. The number of amides is 2. The van der Waals surface area contributed by atoms with Gasteiger partial charge in [0, 0.05) is 17.8 Å². The fourth-order valence-electron chi connectivity index (χ4n) is 2.74. The highest BCUT2D eigenvalue weighted by Crippen LogP contribution is 2.33. The summed E-state index contributed by atoms with van der Waals surface area (Å²) >= 11 is 0. The van der Waals surface area contributed by atoms with Crippen LogP contribution in [0.2, 0.25) is 0 Å². The van der Waals surface area contributed by atoms with Crippen LogP contribution in [0.25, 0.3) is 0 Å². The Hall–Kier alpha value is -2.62. The highest BCUT2D eigenvalue weighted by Gasteiger charge is 2.30. The van der Waals surface area contributed by atoms with Gasteiger partial charge < -0.3 is 10.6 Å². The van der Waals surface area contributed by atoms with Crippen molar-refractivity contribution in [3.63, 3.8) is 0 Å². The maximum Gasteiger partial charge on any atom is 0.232 e. The van der Waals surface area contributed by atoms with Gasteiger partial charge >= 0.3 is 0 Å². The van der Waals surface area contributed by atoms with Crippen LogP contribution in [-0.2, 0) is 9.59 Å². The smallest absolute Gasteiger partial charge is 0.232 e. The van der Waals surface area contributed by atoms with Crippen molar-refractivity contribution in [2.24, 2.45) is 0 Å². The highest BCUT2D eigenvalue weighted by molar-refractivity contribution is 6.05. The molecule has 4 nitrogen and oxygen atoms in total. The molecular formula is C18H18N2O2. The first-order chi connectivity index (χ1) is 10.5. The van der Waals surface area contributed by atoms with Gasteiger partial charge in [0.1, 0.15) is 0 Å². The molecule has 0 bridgehead atoms. The molecule has 2 N–H and O–H groups in total. The minimum atomic E-state index is -0.454. The average Bonchev–Trinajstić information content (AvgIpc) is 2.50. The molecule has 1 unspecified atom stereocenters. The van der Waals surface area contributed by atoms with E-state index in [1.165, 1.54) is 0 Å². The molecule has 2 aromatic carbocycles. The molecule has 1 atom stereocenters. The Labute approximate surface area is 129 Å². The Morgan fingerprint density at radius 3 is 2.77 bits per heavy atom. The molecule has 2 amide bonds. The van der Waals surface area contributed by atoms with E-state index in [0.29, 0.717) is 0 Å². The fraction of sp³-hybridized carbons (Fsp3) is 0.222. The Balaban J connectivity index is 1.89. The molecule has 1 aliphatic rings. The molecule has 0 aliphatic carbocycles. The standard InChI is InChI=1S/C18H18N2O2/c1-11-7-8-12(2)16(9-11)20-18(22)14-10-17(21)19-15-6-4-3-5-13(14)15/h3-9,14H,10H2,1-2H3,(H,19,21)(H,20,22). The molecule has 4 heteroatoms. The predicted octanol–water partition coefficient (Wildman–Crippen LogP) is 3.37. The number of para-hydroxylation sites is 1. The van der Waals surface area contributed by atoms with E-state index in [4.69, 9.17) is 0 Å². The molecule has 22 heavy (non-hydrogen) atoms. The summed E-state index contributed by atoms with van der Waals surface area (Å²) in [5.41, 5.74) is 4.48. The molecule has 0 saturated heterocycles. The van der Waals surface area contributed by atoms with Gasteiger partial charge in [0.25, 0.3) is 0 Å². The number of hydrogen-bond acceptors (Lipinski definition) is 2. The summed E-state index contributed by atoms with van der Waals surface area (Å²) in [5, 5.41) is 5.77. The van der Waals surface area contributed by atoms with E-state index in [1.807, 2.05) is 56.3 Å². The Kier molecular flexibility index (Phi) is 3.67. The van der Waals surface area contributed by atoms with Crippen molar-refractivity contribution in [1.29, 1.82) is 0 Å². The predicted molar refractivity (Wildman–Crippen MR) is 87.0 cm³/mol. The number of carbonyl (C=O) groups excluding carboxylic acids is 2. The first kappa shape index (κ1) is 14.3. The van der Waals surface area contributed by atoms with Crippen molar-refractivity contribution in [2.45, 2.75) is 26.2 Å². The average molecular weight is 294 g/mol. The van der Waals surface area contributed by atoms with Crippen molar-refractivity contribution in [1.82, 2.24) is 0 Å². The summed E-state index contributed by atoms with van der Waals surface area (Å²) in [6.07, 6.45) is 0.174. The van der Waals surface area contributed by atoms with Gasteiger partial charge in [-0.15, -0.1) is 0 Å². The molecule has 0 fully saturated rings. The molecule has 3 rings (SSSR count). The van der Waals surface area contributed by atoms with Crippen molar-refractivity contribution in [2.75, 3.05) is 10.6 Å². The van der Waals surface area contributed by atoms with Crippen LogP contribution in [0.5, 0.6) is 0 Å². The number of carbonyl (C=O) groups is 2. The summed E-state index contributed by atoms with van der Waals surface area (Å²) in [5.74, 6) is -0.722. The summed E-state index contributed by atoms with van der Waals surface area (Å²) in [6.45, 7) is 3.94. The monoisotopic (exact) mass is 294 g/mol. The Morgan fingerprint density at radius 1 is 1.18 bits per heavy atom. The molecule has 0 spiro atoms. The topological polar surface area (TPSA) is 58.2 Å². The Morgan fingerprint density at radius 2 is 1.95 bits per heavy atom. The summed E-state index contributed by atoms with van der Waals surface area (Å²) in [4.78, 5) is 24.5. The van der Waals surface area contributed by atoms with Gasteiger partial charge in [0.15, 0.2) is 0 Å². The lowest BCUT2D eigenvalue weighted by atomic mass is 9.89. The van der Waals surface area contributed by atoms with Crippen LogP contribution in [0.3, 0.4) is 0 Å². The number of benzene rings is 2. The van der Waals surface area contributed by atoms with E-state index in [0.717, 1.165) is 28.1 Å². The minimum absolute atomic E-state index is 0.125. The first-order valence-electron chi connectivity index (χ1n) is 7.31. The van der Waals surface area contributed by atoms with Crippen molar-refractivity contribution < 1.29 is 9.59 Å². The second-order valence-electron chi connectivity index (χ2n) is 5.70. The van der Waals surface area contributed by atoms with Crippen molar-refractivity contribution in [3.05, 3.63) is 59.2 Å². The zero-order chi connectivity index (χ0) is 15.7. The second kappa shape index (κ2) is 5.64. The molecule has 2 aromatic rings. The molecule has 0 radical (unpaired) electrons. The third kappa shape index (κ3) is 2.72. The lowest BCUT2D eigenvalue weighted by Gasteiger charge is -2.25. The maximum absolute atomic E-state index is 12.6. The van der Waals surface area contributed by atoms with E-state index in [1.54, 1.807) is 0 Å². The molecule has 1 aliphatic heterocycles. The SMILES string of the molecule is Cc1ccc(C)c(NC(=O)C2CC(=O)Nc3ccccc32)c1. The van der Waals surface area contributed by atoms with E-state index >= 15 is 0 Å². The first-order valence-corrected chi connectivity index (χ1v) is 7.31. The van der Waals surface area contributed by atoms with Gasteiger partial charge in [-0.2, -0.15) is 0 Å². The van der Waals surface area contributed by atoms with E-state index < -0.39 is 5.92 Å². The van der Waals surface area contributed by atoms with Crippen LogP contribution in [0.15, 0.2) is 42.5 Å². The third-order valence-corrected chi connectivity index (χ3v) is 3.97. The molecule has 112 valence electrons. The third-order valence-electron chi connectivity index (χ3n) is 3.97. The lowest BCUT2D eigenvalue weighted by molar-refractivity contribution is -0.123. The lowest BCUT2D eigenvalue weighted by Crippen LogP contribution is -2.30. The Bertz CT molecular complexity index is 753. The molecule has 0 aromatic heterocycles. The summed E-state index contributed by atoms with van der Waals surface area (Å²) in [7, 11) is 0. The van der Waals surface area contributed by atoms with Gasteiger partial charge in [0.2, 0.25) is 11.8 Å². The molecule has 1 heterocycles. The normalized spacial score (nSPS) is 16.6. The van der Waals surface area contributed by atoms with Crippen LogP contribution in [0.1, 0.15) is 29.0 Å². The van der Waals surface area contributed by atoms with Crippen LogP contribution >= 0.6 is 0 Å². The number of rotatable bonds is 2. The zero-order valence-corrected chi connectivity index (χ0v) is 12.6. The van der Waals surface area contributed by atoms with Crippen LogP contribution in [0, 0.1) is 13.8 Å². The van der Waals surface area contributed by atoms with Gasteiger partial charge in [0.05, 0.1) is 5.92 Å². The number of nitrogens with one attached hydrogen (secondary N) is 2. The molecule has 0 saturated carbocycles. The van der Waals surface area contributed by atoms with Crippen LogP contribution < -0.4 is 10.6 Å². The van der Waals surface area contributed by atoms with Gasteiger partial charge in [-0.05, 0) is 42.7 Å². The zero-order valence-electron chi connectivity index (χ0n) is 12.6. The van der Waals surface area contributed by atoms with E-state index in [-0.39, 0.29) is 18.2 Å². The quantitative estimate of drug-likeness (QED) is 0.892. The van der Waals surface area contributed by atoms with E-state index in [9.17, 15) is 9.59 Å². The number of fused-ring (bicyclic) bond motifs is 1. The van der Waals surface area contributed by atoms with Gasteiger partial charge in [-0.3, -0.25) is 9.59 Å². The van der Waals surface area contributed by atoms with Crippen LogP contribution in [-0.4, -0.2) is 11.8 Å². The molecular weight excluding hydrogens is 276 g/mol. The number of anilines is 2. The van der Waals surface area contributed by atoms with Crippen molar-refractivity contribution in [3.8, 4) is 0 Å². The summed E-state index contributed by atoms with van der Waals surface area (Å²) in [6, 6.07) is 13.4. The van der Waals surface area contributed by atoms with Gasteiger partial charge in [-0.1, -0.05) is 30.3 Å². The van der Waals surface area contributed by atoms with E-state index in [2.05, 4.69) is 10.6 Å². The van der Waals surface area contributed by atoms with Crippen LogP contribution in [0.4, 0.5) is 11.4 Å². The number of aryl methyl sites for hydroxylation is 2. The summed E-state index contributed by atoms with van der Waals surface area (Å²) < 4.78 is 0. The maximum atomic E-state index is 12.6. The largest absolute Gasteiger partial charge is 0.326 e. The second-order valence-corrected chi connectivity index (χ2v) is 5.70. The highest BCUT2D eigenvalue weighted by atomic mass is 16.2. The van der Waals surface area contributed by atoms with Gasteiger partial charge in [-0.25, -0.2) is 0 Å². The minimum Gasteiger partial charge on any atom is -0.326 e. The van der Waals surface area contributed by atoms with Crippen molar-refractivity contribution >= 4 is 23.2 Å².